The Morgan fingerprint density at radius 3 is 2.68 bits per heavy atom. The van der Waals surface area contributed by atoms with Gasteiger partial charge >= 0.3 is 0 Å². The number of H-pyrrole nitrogens is 1. The predicted octanol–water partition coefficient (Wildman–Crippen LogP) is 4.65. The second-order valence-corrected chi connectivity index (χ2v) is 8.62. The van der Waals surface area contributed by atoms with E-state index >= 15 is 0 Å². The third kappa shape index (κ3) is 4.85. The van der Waals surface area contributed by atoms with Crippen LogP contribution in [0.5, 0.6) is 5.75 Å². The lowest BCUT2D eigenvalue weighted by Crippen LogP contribution is -2.33. The minimum absolute atomic E-state index is 0.232. The molecule has 2 aromatic heterocycles. The maximum atomic E-state index is 6.51. The number of nitrogen functional groups attached to an aromatic ring is 1. The number of halogens is 2. The Labute approximate surface area is 206 Å². The zero-order valence-electron chi connectivity index (χ0n) is 17.9. The zero-order chi connectivity index (χ0) is 23.5. The molecule has 0 aliphatic carbocycles. The van der Waals surface area contributed by atoms with Gasteiger partial charge in [0.2, 0.25) is 11.7 Å². The van der Waals surface area contributed by atoms with Crippen LogP contribution in [-0.2, 0) is 21.7 Å². The van der Waals surface area contributed by atoms with Gasteiger partial charge in [0.15, 0.2) is 0 Å². The molecule has 10 heteroatoms. The molecule has 2 atom stereocenters. The monoisotopic (exact) mass is 497 g/mol. The summed E-state index contributed by atoms with van der Waals surface area (Å²) in [4.78, 5) is 15.6. The van der Waals surface area contributed by atoms with Crippen molar-refractivity contribution in [1.82, 2.24) is 19.9 Å². The number of hydrogen-bond acceptors (Lipinski definition) is 7. The molecule has 0 spiro atoms. The van der Waals surface area contributed by atoms with Crippen molar-refractivity contribution in [2.45, 2.75) is 18.3 Å². The minimum Gasteiger partial charge on any atom is -0.491 e. The molecule has 0 radical (unpaired) electrons. The molecule has 1 saturated heterocycles. The second-order valence-electron chi connectivity index (χ2n) is 7.78. The van der Waals surface area contributed by atoms with Gasteiger partial charge in [-0.3, -0.25) is 0 Å². The van der Waals surface area contributed by atoms with Crippen molar-refractivity contribution in [3.8, 4) is 17.0 Å². The van der Waals surface area contributed by atoms with Gasteiger partial charge in [0, 0.05) is 34.7 Å². The van der Waals surface area contributed by atoms with Crippen molar-refractivity contribution in [3.05, 3.63) is 88.6 Å². The molecule has 1 aliphatic heterocycles. The van der Waals surface area contributed by atoms with Crippen LogP contribution >= 0.6 is 23.2 Å². The highest BCUT2D eigenvalue weighted by molar-refractivity contribution is 6.35. The fourth-order valence-electron chi connectivity index (χ4n) is 3.84. The van der Waals surface area contributed by atoms with Crippen LogP contribution in [0.15, 0.2) is 67.1 Å². The molecule has 0 saturated carbocycles. The summed E-state index contributed by atoms with van der Waals surface area (Å²) < 4.78 is 18.6. The Bertz CT molecular complexity index is 1270. The highest BCUT2D eigenvalue weighted by Gasteiger charge is 2.45. The third-order valence-electron chi connectivity index (χ3n) is 5.42. The van der Waals surface area contributed by atoms with E-state index in [1.54, 1.807) is 36.8 Å². The summed E-state index contributed by atoms with van der Waals surface area (Å²) in [5.74, 6) is 0.538. The molecule has 8 nitrogen and oxygen atoms in total. The van der Waals surface area contributed by atoms with Gasteiger partial charge in [0.25, 0.3) is 0 Å². The first-order valence-electron chi connectivity index (χ1n) is 10.6. The van der Waals surface area contributed by atoms with Crippen LogP contribution in [0.3, 0.4) is 0 Å². The molecule has 0 amide bonds. The number of aromatic amines is 1. The van der Waals surface area contributed by atoms with Gasteiger partial charge in [-0.1, -0.05) is 29.3 Å². The smallest absolute Gasteiger partial charge is 0.220 e. The summed E-state index contributed by atoms with van der Waals surface area (Å²) in [5, 5.41) is 0.995. The van der Waals surface area contributed by atoms with E-state index in [1.807, 2.05) is 30.3 Å². The summed E-state index contributed by atoms with van der Waals surface area (Å²) in [6.45, 7) is 0.628. The van der Waals surface area contributed by atoms with Crippen LogP contribution in [0.25, 0.3) is 11.3 Å². The number of aromatic nitrogens is 4. The van der Waals surface area contributed by atoms with Crippen LogP contribution in [0.2, 0.25) is 10.0 Å². The van der Waals surface area contributed by atoms with Crippen molar-refractivity contribution in [2.75, 3.05) is 18.9 Å². The molecule has 1 fully saturated rings. The van der Waals surface area contributed by atoms with E-state index in [0.717, 1.165) is 11.3 Å². The third-order valence-corrected chi connectivity index (χ3v) is 5.96. The molecule has 0 unspecified atom stereocenters. The number of anilines is 1. The molecular formula is C24H21Cl2N5O3. The number of nitrogens with zero attached hydrogens (tertiary/aromatic N) is 3. The predicted molar refractivity (Wildman–Crippen MR) is 129 cm³/mol. The first-order chi connectivity index (χ1) is 16.5. The lowest BCUT2D eigenvalue weighted by atomic mass is 10.0. The van der Waals surface area contributed by atoms with Gasteiger partial charge in [0.1, 0.15) is 24.3 Å². The molecule has 3 heterocycles. The molecule has 5 rings (SSSR count). The number of nitrogens with two attached hydrogens (primary N) is 1. The molecule has 1 aliphatic rings. The van der Waals surface area contributed by atoms with Crippen LogP contribution in [0, 0.1) is 0 Å². The minimum atomic E-state index is -1.11. The lowest BCUT2D eigenvalue weighted by Gasteiger charge is -2.29. The maximum Gasteiger partial charge on any atom is 0.220 e. The number of imidazole rings is 1. The van der Waals surface area contributed by atoms with E-state index < -0.39 is 5.79 Å². The highest BCUT2D eigenvalue weighted by atomic mass is 35.5. The van der Waals surface area contributed by atoms with Gasteiger partial charge in [-0.2, -0.15) is 0 Å². The maximum absolute atomic E-state index is 6.51. The fraction of sp³-hybridized carbons (Fsp3) is 0.208. The second kappa shape index (κ2) is 9.60. The SMILES string of the molecule is Nc1nccc(-c2ccc(OC[C@H]3CO[C@@](Cc4ncc[nH]4)(c4ccc(Cl)cc4Cl)O3)cc2)n1. The Kier molecular flexibility index (Phi) is 6.38. The van der Waals surface area contributed by atoms with Gasteiger partial charge in [-0.25, -0.2) is 15.0 Å². The average Bonchev–Trinajstić information content (AvgIpc) is 3.49. The van der Waals surface area contributed by atoms with E-state index in [4.69, 9.17) is 43.1 Å². The lowest BCUT2D eigenvalue weighted by molar-refractivity contribution is -0.179. The van der Waals surface area contributed by atoms with E-state index in [1.165, 1.54) is 0 Å². The summed E-state index contributed by atoms with van der Waals surface area (Å²) in [7, 11) is 0. The number of ether oxygens (including phenoxy) is 3. The first kappa shape index (κ1) is 22.6. The van der Waals surface area contributed by atoms with Crippen molar-refractivity contribution in [1.29, 1.82) is 0 Å². The molecular weight excluding hydrogens is 477 g/mol. The number of hydrogen-bond donors (Lipinski definition) is 2. The van der Waals surface area contributed by atoms with Gasteiger partial charge in [-0.05, 0) is 42.5 Å². The fourth-order valence-corrected chi connectivity index (χ4v) is 4.39. The Morgan fingerprint density at radius 2 is 1.94 bits per heavy atom. The highest BCUT2D eigenvalue weighted by Crippen LogP contribution is 2.41. The summed E-state index contributed by atoms with van der Waals surface area (Å²) in [6, 6.07) is 14.6. The largest absolute Gasteiger partial charge is 0.491 e. The van der Waals surface area contributed by atoms with Crippen molar-refractivity contribution < 1.29 is 14.2 Å². The number of nitrogens with one attached hydrogen (secondary N) is 1. The topological polar surface area (TPSA) is 108 Å². The van der Waals surface area contributed by atoms with E-state index in [-0.39, 0.29) is 12.1 Å². The molecule has 2 aromatic carbocycles. The van der Waals surface area contributed by atoms with Crippen molar-refractivity contribution in [3.63, 3.8) is 0 Å². The summed E-state index contributed by atoms with van der Waals surface area (Å²) in [5.41, 5.74) is 8.02. The van der Waals surface area contributed by atoms with Gasteiger partial charge in [0.05, 0.1) is 23.7 Å². The standard InChI is InChI=1S/C24H21Cl2N5O3/c25-16-3-6-19(20(26)11-16)24(12-22-28-9-10-29-22)33-14-18(34-24)13-32-17-4-1-15(2-5-17)21-7-8-30-23(27)31-21/h1-11,18H,12-14H2,(H,28,29)(H2,27,30,31)/t18-,24+/m0/s1. The molecule has 4 aromatic rings. The molecule has 3 N–H and O–H groups in total. The van der Waals surface area contributed by atoms with Gasteiger partial charge < -0.3 is 24.9 Å². The normalized spacial score (nSPS) is 19.9. The molecule has 174 valence electrons. The van der Waals surface area contributed by atoms with Crippen LogP contribution in [0.1, 0.15) is 11.4 Å². The Hall–Kier alpha value is -3.17. The van der Waals surface area contributed by atoms with E-state index in [0.29, 0.717) is 46.8 Å². The first-order valence-corrected chi connectivity index (χ1v) is 11.3. The molecule has 0 bridgehead atoms. The quantitative estimate of drug-likeness (QED) is 0.382. The van der Waals surface area contributed by atoms with E-state index in [2.05, 4.69) is 19.9 Å². The van der Waals surface area contributed by atoms with Crippen LogP contribution < -0.4 is 10.5 Å². The summed E-state index contributed by atoms with van der Waals surface area (Å²) >= 11 is 12.6. The molecule has 34 heavy (non-hydrogen) atoms. The average molecular weight is 498 g/mol. The van der Waals surface area contributed by atoms with Crippen LogP contribution in [-0.4, -0.2) is 39.3 Å². The number of rotatable bonds is 7. The van der Waals surface area contributed by atoms with Crippen molar-refractivity contribution in [2.24, 2.45) is 0 Å². The summed E-state index contributed by atoms with van der Waals surface area (Å²) in [6.07, 6.45) is 5.10. The zero-order valence-corrected chi connectivity index (χ0v) is 19.5. The van der Waals surface area contributed by atoms with Gasteiger partial charge in [-0.15, -0.1) is 0 Å². The Morgan fingerprint density at radius 1 is 1.09 bits per heavy atom. The van der Waals surface area contributed by atoms with E-state index in [9.17, 15) is 0 Å². The van der Waals surface area contributed by atoms with Crippen molar-refractivity contribution >= 4 is 29.2 Å². The van der Waals surface area contributed by atoms with Crippen LogP contribution in [0.4, 0.5) is 5.95 Å². The number of benzene rings is 2. The Balaban J connectivity index is 1.29.